The van der Waals surface area contributed by atoms with Gasteiger partial charge in [0.15, 0.2) is 0 Å². The molecule has 1 N–H and O–H groups in total. The highest BCUT2D eigenvalue weighted by atomic mass is 32.1. The second-order valence-electron chi connectivity index (χ2n) is 7.39. The van der Waals surface area contributed by atoms with Crippen molar-refractivity contribution in [3.63, 3.8) is 0 Å². The van der Waals surface area contributed by atoms with Crippen LogP contribution in [-0.4, -0.2) is 42.0 Å². The van der Waals surface area contributed by atoms with Crippen LogP contribution in [0.15, 0.2) is 29.6 Å². The number of likely N-dealkylation sites (tertiary alicyclic amines) is 1. The van der Waals surface area contributed by atoms with Gasteiger partial charge in [-0.2, -0.15) is 0 Å². The molecule has 152 valence electrons. The van der Waals surface area contributed by atoms with Crippen LogP contribution in [0.2, 0.25) is 0 Å². The Kier molecular flexibility index (Phi) is 8.30. The van der Waals surface area contributed by atoms with Gasteiger partial charge in [-0.05, 0) is 70.4 Å². The van der Waals surface area contributed by atoms with Crippen LogP contribution < -0.4 is 10.1 Å². The molecule has 1 saturated heterocycles. The van der Waals surface area contributed by atoms with Crippen LogP contribution in [0, 0.1) is 6.92 Å². The molecule has 0 saturated carbocycles. The second kappa shape index (κ2) is 11.2. The number of aryl methyl sites for hydroxylation is 1. The molecule has 0 aliphatic carbocycles. The molecule has 1 amide bonds. The number of ether oxygens (including phenoxy) is 1. The number of rotatable bonds is 10. The second-order valence-corrected chi connectivity index (χ2v) is 8.46. The van der Waals surface area contributed by atoms with E-state index in [2.05, 4.69) is 15.2 Å². The van der Waals surface area contributed by atoms with E-state index in [1.54, 1.807) is 17.4 Å². The molecular weight excluding hydrogens is 370 g/mol. The number of hydrogen-bond donors (Lipinski definition) is 1. The van der Waals surface area contributed by atoms with E-state index in [0.29, 0.717) is 17.9 Å². The number of nitrogens with zero attached hydrogens (tertiary/aromatic N) is 2. The van der Waals surface area contributed by atoms with Crippen molar-refractivity contribution in [3.05, 3.63) is 45.9 Å². The Labute approximate surface area is 172 Å². The molecule has 0 atom stereocenters. The third-order valence-corrected chi connectivity index (χ3v) is 5.86. The van der Waals surface area contributed by atoms with Gasteiger partial charge in [-0.25, -0.2) is 4.98 Å². The standard InChI is InChI=1S/C22H31N3O2S/c1-18-24-20(17-28-18)16-27-21-10-8-9-19(15-21)22(26)23-11-4-2-5-12-25-13-6-3-7-14-25/h8-10,15,17H,2-7,11-14,16H2,1H3,(H,23,26). The average Bonchev–Trinajstić information content (AvgIpc) is 3.15. The highest BCUT2D eigenvalue weighted by Crippen LogP contribution is 2.16. The molecule has 5 nitrogen and oxygen atoms in total. The minimum Gasteiger partial charge on any atom is -0.487 e. The van der Waals surface area contributed by atoms with Crippen molar-refractivity contribution in [2.75, 3.05) is 26.2 Å². The summed E-state index contributed by atoms with van der Waals surface area (Å²) in [4.78, 5) is 19.3. The largest absolute Gasteiger partial charge is 0.487 e. The van der Waals surface area contributed by atoms with Gasteiger partial charge in [0.05, 0.1) is 10.7 Å². The van der Waals surface area contributed by atoms with E-state index in [9.17, 15) is 4.79 Å². The van der Waals surface area contributed by atoms with Crippen molar-refractivity contribution in [1.29, 1.82) is 0 Å². The Morgan fingerprint density at radius 2 is 2.07 bits per heavy atom. The zero-order valence-corrected chi connectivity index (χ0v) is 17.6. The number of amides is 1. The Balaban J connectivity index is 1.33. The summed E-state index contributed by atoms with van der Waals surface area (Å²) in [6.45, 7) is 6.85. The lowest BCUT2D eigenvalue weighted by Crippen LogP contribution is -2.30. The fraction of sp³-hybridized carbons (Fsp3) is 0.545. The fourth-order valence-electron chi connectivity index (χ4n) is 3.48. The van der Waals surface area contributed by atoms with Crippen LogP contribution in [0.5, 0.6) is 5.75 Å². The van der Waals surface area contributed by atoms with Crippen molar-refractivity contribution in [2.24, 2.45) is 0 Å². The SMILES string of the molecule is Cc1nc(COc2cccc(C(=O)NCCCCCN3CCCCC3)c2)cs1. The van der Waals surface area contributed by atoms with Crippen LogP contribution >= 0.6 is 11.3 Å². The van der Waals surface area contributed by atoms with Gasteiger partial charge in [0, 0.05) is 17.5 Å². The summed E-state index contributed by atoms with van der Waals surface area (Å²) < 4.78 is 5.77. The molecule has 1 aromatic heterocycles. The maximum atomic E-state index is 12.4. The van der Waals surface area contributed by atoms with Gasteiger partial charge < -0.3 is 15.0 Å². The Morgan fingerprint density at radius 1 is 1.21 bits per heavy atom. The summed E-state index contributed by atoms with van der Waals surface area (Å²) >= 11 is 1.61. The van der Waals surface area contributed by atoms with Gasteiger partial charge in [-0.15, -0.1) is 11.3 Å². The number of carbonyl (C=O) groups is 1. The molecule has 1 aliphatic rings. The molecule has 6 heteroatoms. The van der Waals surface area contributed by atoms with Crippen LogP contribution in [-0.2, 0) is 6.61 Å². The molecule has 0 unspecified atom stereocenters. The molecule has 2 aromatic rings. The Hall–Kier alpha value is -1.92. The van der Waals surface area contributed by atoms with Gasteiger partial charge in [0.1, 0.15) is 12.4 Å². The zero-order valence-electron chi connectivity index (χ0n) is 16.8. The molecule has 3 rings (SSSR count). The first-order valence-corrected chi connectivity index (χ1v) is 11.2. The third-order valence-electron chi connectivity index (χ3n) is 5.03. The van der Waals surface area contributed by atoms with Crippen molar-refractivity contribution in [2.45, 2.75) is 52.1 Å². The fourth-order valence-corrected chi connectivity index (χ4v) is 4.08. The summed E-state index contributed by atoms with van der Waals surface area (Å²) in [5, 5.41) is 6.05. The Morgan fingerprint density at radius 3 is 2.86 bits per heavy atom. The minimum atomic E-state index is -0.0361. The van der Waals surface area contributed by atoms with E-state index < -0.39 is 0 Å². The number of thiazole rings is 1. The van der Waals surface area contributed by atoms with E-state index in [1.807, 2.05) is 30.5 Å². The number of hydrogen-bond acceptors (Lipinski definition) is 5. The highest BCUT2D eigenvalue weighted by molar-refractivity contribution is 7.09. The first-order chi connectivity index (χ1) is 13.7. The van der Waals surface area contributed by atoms with E-state index in [-0.39, 0.29) is 5.91 Å². The lowest BCUT2D eigenvalue weighted by atomic mass is 10.1. The number of piperidine rings is 1. The van der Waals surface area contributed by atoms with E-state index in [1.165, 1.54) is 45.3 Å². The molecule has 1 aromatic carbocycles. The summed E-state index contributed by atoms with van der Waals surface area (Å²) in [6, 6.07) is 7.35. The van der Waals surface area contributed by atoms with Gasteiger partial charge in [-0.1, -0.05) is 18.9 Å². The smallest absolute Gasteiger partial charge is 0.251 e. The molecule has 0 radical (unpaired) electrons. The summed E-state index contributed by atoms with van der Waals surface area (Å²) in [6.07, 6.45) is 7.49. The van der Waals surface area contributed by atoms with E-state index in [4.69, 9.17) is 4.74 Å². The predicted molar refractivity (Wildman–Crippen MR) is 114 cm³/mol. The average molecular weight is 402 g/mol. The topological polar surface area (TPSA) is 54.5 Å². The van der Waals surface area contributed by atoms with Crippen LogP contribution in [0.4, 0.5) is 0 Å². The molecule has 28 heavy (non-hydrogen) atoms. The van der Waals surface area contributed by atoms with Gasteiger partial charge in [0.25, 0.3) is 5.91 Å². The monoisotopic (exact) mass is 401 g/mol. The van der Waals surface area contributed by atoms with Gasteiger partial charge in [-0.3, -0.25) is 4.79 Å². The maximum Gasteiger partial charge on any atom is 0.251 e. The first-order valence-electron chi connectivity index (χ1n) is 10.3. The van der Waals surface area contributed by atoms with Crippen molar-refractivity contribution >= 4 is 17.2 Å². The molecule has 0 bridgehead atoms. The number of carbonyl (C=O) groups excluding carboxylic acids is 1. The first kappa shape index (κ1) is 20.8. The highest BCUT2D eigenvalue weighted by Gasteiger charge is 2.09. The van der Waals surface area contributed by atoms with Crippen LogP contribution in [0.25, 0.3) is 0 Å². The molecule has 1 aliphatic heterocycles. The third kappa shape index (κ3) is 6.91. The van der Waals surface area contributed by atoms with Crippen LogP contribution in [0.3, 0.4) is 0 Å². The lowest BCUT2D eigenvalue weighted by Gasteiger charge is -2.26. The number of unbranched alkanes of at least 4 members (excludes halogenated alkanes) is 2. The van der Waals surface area contributed by atoms with Crippen molar-refractivity contribution in [3.8, 4) is 5.75 Å². The lowest BCUT2D eigenvalue weighted by molar-refractivity contribution is 0.0952. The van der Waals surface area contributed by atoms with Crippen LogP contribution in [0.1, 0.15) is 59.6 Å². The van der Waals surface area contributed by atoms with Gasteiger partial charge >= 0.3 is 0 Å². The normalized spacial score (nSPS) is 14.8. The summed E-state index contributed by atoms with van der Waals surface area (Å²) in [5.41, 5.74) is 1.56. The van der Waals surface area contributed by atoms with Crippen molar-refractivity contribution < 1.29 is 9.53 Å². The number of aromatic nitrogens is 1. The summed E-state index contributed by atoms with van der Waals surface area (Å²) in [7, 11) is 0. The molecule has 1 fully saturated rings. The predicted octanol–water partition coefficient (Wildman–Crippen LogP) is 4.42. The number of benzene rings is 1. The molecular formula is C22H31N3O2S. The maximum absolute atomic E-state index is 12.4. The van der Waals surface area contributed by atoms with E-state index >= 15 is 0 Å². The van der Waals surface area contributed by atoms with E-state index in [0.717, 1.165) is 30.1 Å². The summed E-state index contributed by atoms with van der Waals surface area (Å²) in [5.74, 6) is 0.658. The Bertz CT molecular complexity index is 741. The zero-order chi connectivity index (χ0) is 19.6. The molecule has 2 heterocycles. The minimum absolute atomic E-state index is 0.0361. The van der Waals surface area contributed by atoms with Gasteiger partial charge in [0.2, 0.25) is 0 Å². The quantitative estimate of drug-likeness (QED) is 0.599. The molecule has 0 spiro atoms. The number of nitrogens with one attached hydrogen (secondary N) is 1. The van der Waals surface area contributed by atoms with Crippen molar-refractivity contribution in [1.82, 2.24) is 15.2 Å².